The van der Waals surface area contributed by atoms with Gasteiger partial charge in [0.1, 0.15) is 12.2 Å². The lowest BCUT2D eigenvalue weighted by Crippen LogP contribution is -2.41. The molecule has 198 valence electrons. The van der Waals surface area contributed by atoms with Gasteiger partial charge in [-0.2, -0.15) is 0 Å². The van der Waals surface area contributed by atoms with Crippen molar-refractivity contribution in [3.63, 3.8) is 0 Å². The average Bonchev–Trinajstić information content (AvgIpc) is 2.83. The molecule has 0 saturated heterocycles. The van der Waals surface area contributed by atoms with Gasteiger partial charge in [0.2, 0.25) is 6.41 Å². The van der Waals surface area contributed by atoms with E-state index in [0.29, 0.717) is 25.7 Å². The Kier molecular flexibility index (Phi) is 16.5. The first kappa shape index (κ1) is 32.0. The molecule has 7 atom stereocenters. The van der Waals surface area contributed by atoms with Crippen LogP contribution in [0.1, 0.15) is 73.1 Å². The molecule has 0 bridgehead atoms. The third-order valence-corrected chi connectivity index (χ3v) is 6.08. The summed E-state index contributed by atoms with van der Waals surface area (Å²) < 4.78 is 16.8. The van der Waals surface area contributed by atoms with Crippen LogP contribution in [0.25, 0.3) is 0 Å². The van der Waals surface area contributed by atoms with Crippen molar-refractivity contribution in [1.29, 1.82) is 0 Å². The molecule has 0 aromatic heterocycles. The zero-order valence-electron chi connectivity index (χ0n) is 21.9. The van der Waals surface area contributed by atoms with Crippen molar-refractivity contribution in [2.75, 3.05) is 14.2 Å². The van der Waals surface area contributed by atoms with Crippen LogP contribution in [0, 0.1) is 11.8 Å². The normalized spacial score (nSPS) is 17.8. The molecule has 0 unspecified atom stereocenters. The van der Waals surface area contributed by atoms with Gasteiger partial charge in [0.15, 0.2) is 0 Å². The van der Waals surface area contributed by atoms with Gasteiger partial charge >= 0.3 is 11.9 Å². The summed E-state index contributed by atoms with van der Waals surface area (Å²) in [7, 11) is 3.25. The lowest BCUT2D eigenvalue weighted by molar-refractivity contribution is -0.155. The van der Waals surface area contributed by atoms with E-state index in [0.717, 1.165) is 0 Å². The van der Waals surface area contributed by atoms with Crippen LogP contribution in [0.4, 0.5) is 0 Å². The van der Waals surface area contributed by atoms with Gasteiger partial charge in [-0.3, -0.25) is 14.4 Å². The highest BCUT2D eigenvalue weighted by Gasteiger charge is 2.32. The summed E-state index contributed by atoms with van der Waals surface area (Å²) >= 11 is 0. The number of aliphatic hydroxyl groups is 1. The monoisotopic (exact) mass is 486 g/mol. The molecule has 0 spiro atoms. The lowest BCUT2D eigenvalue weighted by atomic mass is 9.86. The second kappa shape index (κ2) is 17.5. The number of hydrogen-bond acceptors (Lipinski definition) is 8. The van der Waals surface area contributed by atoms with Crippen LogP contribution in [0.2, 0.25) is 0 Å². The number of nitrogens with zero attached hydrogens (tertiary/aromatic N) is 1. The molecule has 9 heteroatoms. The first-order valence-corrected chi connectivity index (χ1v) is 12.2. The van der Waals surface area contributed by atoms with Crippen LogP contribution in [-0.4, -0.2) is 73.0 Å². The molecule has 3 N–H and O–H groups in total. The summed E-state index contributed by atoms with van der Waals surface area (Å²) in [5.41, 5.74) is 6.25. The van der Waals surface area contributed by atoms with E-state index in [1.54, 1.807) is 34.2 Å². The van der Waals surface area contributed by atoms with E-state index >= 15 is 0 Å². The largest absolute Gasteiger partial charge is 0.462 e. The van der Waals surface area contributed by atoms with Crippen molar-refractivity contribution in [3.05, 3.63) is 12.3 Å². The molecule has 1 amide bonds. The predicted molar refractivity (Wildman–Crippen MR) is 131 cm³/mol. The van der Waals surface area contributed by atoms with E-state index in [1.165, 1.54) is 4.90 Å². The zero-order valence-corrected chi connectivity index (χ0v) is 21.9. The number of methoxy groups -OCH3 is 1. The molecule has 0 radical (unpaired) electrons. The summed E-state index contributed by atoms with van der Waals surface area (Å²) in [4.78, 5) is 35.9. The van der Waals surface area contributed by atoms with Crippen LogP contribution < -0.4 is 5.73 Å². The van der Waals surface area contributed by atoms with Gasteiger partial charge < -0.3 is 30.0 Å². The number of esters is 2. The van der Waals surface area contributed by atoms with Crippen LogP contribution in [0.3, 0.4) is 0 Å². The molecule has 0 heterocycles. The summed E-state index contributed by atoms with van der Waals surface area (Å²) in [5.74, 6) is -0.841. The number of ether oxygens (including phenoxy) is 3. The molecule has 0 aromatic carbocycles. The molecular formula is C25H46N2O7. The lowest BCUT2D eigenvalue weighted by Gasteiger charge is -2.33. The van der Waals surface area contributed by atoms with Gasteiger partial charge in [-0.1, -0.05) is 40.7 Å². The number of carbonyl (C=O) groups is 3. The Morgan fingerprint density at radius 2 is 1.65 bits per heavy atom. The third kappa shape index (κ3) is 11.9. The fourth-order valence-corrected chi connectivity index (χ4v) is 3.78. The predicted octanol–water partition coefficient (Wildman–Crippen LogP) is 2.79. The minimum Gasteiger partial charge on any atom is -0.462 e. The zero-order chi connectivity index (χ0) is 26.3. The molecule has 0 aromatic rings. The first-order valence-electron chi connectivity index (χ1n) is 12.2. The summed E-state index contributed by atoms with van der Waals surface area (Å²) in [6.45, 7) is 9.27. The molecule has 0 rings (SSSR count). The Bertz CT molecular complexity index is 628. The maximum absolute atomic E-state index is 12.1. The average molecular weight is 487 g/mol. The SMILES string of the molecule is CCC(=O)O[C@H](CC)C[C@H](O)[C@@H](N)CC[C@@H](OC(=O)CC)[C@H](C)[C@H](OC)[C@H](C)/C=C/N(C)C=O. The number of carbonyl (C=O) groups excluding carboxylic acids is 3. The Labute approximate surface area is 205 Å². The Morgan fingerprint density at radius 3 is 2.15 bits per heavy atom. The van der Waals surface area contributed by atoms with Gasteiger partial charge in [-0.25, -0.2) is 0 Å². The molecule has 0 aliphatic carbocycles. The standard InChI is InChI=1S/C25H46N2O7/c1-8-19(33-23(30)9-2)15-21(29)20(26)11-12-22(34-24(31)10-3)18(5)25(32-7)17(4)13-14-27(6)16-28/h13-14,16-22,25,29H,8-12,15,26H2,1-7H3/b14-13+/t17-,18+,19-,20+,21+,22-,25-/m1/s1. The Hall–Kier alpha value is -1.97. The number of hydrogen-bond donors (Lipinski definition) is 2. The van der Waals surface area contributed by atoms with Crippen molar-refractivity contribution in [2.45, 2.75) is 104 Å². The minimum atomic E-state index is -0.855. The molecule has 9 nitrogen and oxygen atoms in total. The summed E-state index contributed by atoms with van der Waals surface area (Å²) in [6, 6.07) is -0.566. The van der Waals surface area contributed by atoms with Crippen LogP contribution in [0.15, 0.2) is 12.3 Å². The first-order chi connectivity index (χ1) is 16.0. The van der Waals surface area contributed by atoms with Crippen LogP contribution >= 0.6 is 0 Å². The number of amides is 1. The third-order valence-electron chi connectivity index (χ3n) is 6.08. The van der Waals surface area contributed by atoms with E-state index < -0.39 is 24.4 Å². The van der Waals surface area contributed by atoms with Crippen molar-refractivity contribution in [1.82, 2.24) is 4.90 Å². The molecule has 34 heavy (non-hydrogen) atoms. The topological polar surface area (TPSA) is 128 Å². The van der Waals surface area contributed by atoms with Gasteiger partial charge in [-0.15, -0.1) is 0 Å². The van der Waals surface area contributed by atoms with E-state index in [9.17, 15) is 19.5 Å². The highest BCUT2D eigenvalue weighted by molar-refractivity contribution is 5.69. The van der Waals surface area contributed by atoms with Crippen molar-refractivity contribution in [3.8, 4) is 0 Å². The molecule has 0 saturated carbocycles. The summed E-state index contributed by atoms with van der Waals surface area (Å²) in [6.07, 6.45) is 4.50. The second-order valence-electron chi connectivity index (χ2n) is 8.83. The minimum absolute atomic E-state index is 0.0527. The van der Waals surface area contributed by atoms with Crippen LogP contribution in [-0.2, 0) is 28.6 Å². The quantitative estimate of drug-likeness (QED) is 0.224. The number of nitrogens with two attached hydrogens (primary N) is 1. The number of aliphatic hydroxyl groups excluding tert-OH is 1. The molecular weight excluding hydrogens is 440 g/mol. The second-order valence-corrected chi connectivity index (χ2v) is 8.83. The highest BCUT2D eigenvalue weighted by Crippen LogP contribution is 2.26. The van der Waals surface area contributed by atoms with E-state index in [4.69, 9.17) is 19.9 Å². The molecule has 0 aliphatic heterocycles. The fourth-order valence-electron chi connectivity index (χ4n) is 3.78. The number of rotatable bonds is 18. The van der Waals surface area contributed by atoms with Gasteiger partial charge in [0.05, 0.1) is 12.2 Å². The van der Waals surface area contributed by atoms with E-state index in [-0.39, 0.29) is 49.1 Å². The Morgan fingerprint density at radius 1 is 1.06 bits per heavy atom. The fraction of sp³-hybridized carbons (Fsp3) is 0.800. The smallest absolute Gasteiger partial charge is 0.305 e. The van der Waals surface area contributed by atoms with Gasteiger partial charge in [0, 0.05) is 57.5 Å². The highest BCUT2D eigenvalue weighted by atomic mass is 16.5. The Balaban J connectivity index is 5.26. The van der Waals surface area contributed by atoms with Crippen molar-refractivity contribution >= 4 is 18.3 Å². The van der Waals surface area contributed by atoms with E-state index in [1.807, 2.05) is 26.8 Å². The van der Waals surface area contributed by atoms with Crippen LogP contribution in [0.5, 0.6) is 0 Å². The molecule has 0 aliphatic rings. The van der Waals surface area contributed by atoms with Gasteiger partial charge in [0.25, 0.3) is 0 Å². The maximum atomic E-state index is 12.1. The maximum Gasteiger partial charge on any atom is 0.305 e. The molecule has 0 fully saturated rings. The summed E-state index contributed by atoms with van der Waals surface area (Å²) in [5, 5.41) is 10.6. The van der Waals surface area contributed by atoms with Gasteiger partial charge in [-0.05, 0) is 19.3 Å². The van der Waals surface area contributed by atoms with E-state index in [2.05, 4.69) is 0 Å². The van der Waals surface area contributed by atoms with Crippen molar-refractivity contribution < 1.29 is 33.7 Å². The van der Waals surface area contributed by atoms with Crippen molar-refractivity contribution in [2.24, 2.45) is 17.6 Å².